The largest absolute Gasteiger partial charge is 0.481 e. The van der Waals surface area contributed by atoms with E-state index in [9.17, 15) is 4.79 Å². The Labute approximate surface area is 108 Å². The van der Waals surface area contributed by atoms with Crippen molar-refractivity contribution in [2.24, 2.45) is 0 Å². The molecule has 0 atom stereocenters. The van der Waals surface area contributed by atoms with Gasteiger partial charge in [0, 0.05) is 11.8 Å². The van der Waals surface area contributed by atoms with Crippen molar-refractivity contribution in [3.63, 3.8) is 0 Å². The Bertz CT molecular complexity index is 650. The molecule has 2 aromatic rings. The monoisotopic (exact) mass is 255 g/mol. The fourth-order valence-electron chi connectivity index (χ4n) is 1.46. The smallest absolute Gasteiger partial charge is 0.323 e. The number of aromatic nitrogens is 2. The zero-order valence-corrected chi connectivity index (χ0v) is 9.78. The summed E-state index contributed by atoms with van der Waals surface area (Å²) in [6, 6.07) is 10.1. The number of carboxylic acid groups (broad SMARTS) is 1. The maximum Gasteiger partial charge on any atom is 0.323 e. The quantitative estimate of drug-likeness (QED) is 0.894. The van der Waals surface area contributed by atoms with Crippen LogP contribution in [0.3, 0.4) is 0 Å². The molecule has 0 aliphatic heterocycles. The van der Waals surface area contributed by atoms with E-state index in [1.54, 1.807) is 24.3 Å². The molecule has 0 amide bonds. The van der Waals surface area contributed by atoms with E-state index in [2.05, 4.69) is 9.97 Å². The van der Waals surface area contributed by atoms with Gasteiger partial charge in [-0.05, 0) is 12.1 Å². The van der Waals surface area contributed by atoms with Crippen LogP contribution < -0.4 is 4.74 Å². The van der Waals surface area contributed by atoms with Crippen LogP contribution in [0.2, 0.25) is 0 Å². The normalized spacial score (nSPS) is 9.63. The average molecular weight is 255 g/mol. The highest BCUT2D eigenvalue weighted by Crippen LogP contribution is 2.23. The maximum absolute atomic E-state index is 10.7. The van der Waals surface area contributed by atoms with Gasteiger partial charge in [0.25, 0.3) is 0 Å². The van der Waals surface area contributed by atoms with Crippen molar-refractivity contribution in [2.75, 3.05) is 0 Å². The Morgan fingerprint density at radius 1 is 1.37 bits per heavy atom. The van der Waals surface area contributed by atoms with Crippen molar-refractivity contribution >= 4 is 5.97 Å². The van der Waals surface area contributed by atoms with Crippen LogP contribution in [0.25, 0.3) is 0 Å². The Hall–Kier alpha value is -2.94. The van der Waals surface area contributed by atoms with Crippen molar-refractivity contribution < 1.29 is 14.6 Å². The second-order valence-corrected chi connectivity index (χ2v) is 3.62. The molecule has 0 unspecified atom stereocenters. The molecule has 0 bridgehead atoms. The Kier molecular flexibility index (Phi) is 3.69. The van der Waals surface area contributed by atoms with Gasteiger partial charge >= 0.3 is 12.0 Å². The van der Waals surface area contributed by atoms with Crippen LogP contribution >= 0.6 is 0 Å². The molecule has 1 aromatic heterocycles. The number of aliphatic carboxylic acids is 1. The molecule has 2 rings (SSSR count). The summed E-state index contributed by atoms with van der Waals surface area (Å²) < 4.78 is 5.42. The molecule has 0 fully saturated rings. The number of ether oxygens (including phenoxy) is 1. The predicted octanol–water partition coefficient (Wildman–Crippen LogP) is 1.77. The van der Waals surface area contributed by atoms with Crippen LogP contribution in [0.5, 0.6) is 11.8 Å². The topological polar surface area (TPSA) is 96.1 Å². The van der Waals surface area contributed by atoms with Gasteiger partial charge in [-0.2, -0.15) is 10.2 Å². The van der Waals surface area contributed by atoms with E-state index in [4.69, 9.17) is 15.1 Å². The second-order valence-electron chi connectivity index (χ2n) is 3.62. The van der Waals surface area contributed by atoms with Crippen molar-refractivity contribution in [1.82, 2.24) is 9.97 Å². The summed E-state index contributed by atoms with van der Waals surface area (Å²) in [5, 5.41) is 17.5. The zero-order valence-electron chi connectivity index (χ0n) is 9.78. The minimum Gasteiger partial charge on any atom is -0.481 e. The molecule has 19 heavy (non-hydrogen) atoms. The first-order chi connectivity index (χ1) is 9.19. The molecule has 0 saturated heterocycles. The third kappa shape index (κ3) is 3.26. The lowest BCUT2D eigenvalue weighted by Gasteiger charge is -2.07. The van der Waals surface area contributed by atoms with Gasteiger partial charge in [0.1, 0.15) is 17.5 Å². The van der Waals surface area contributed by atoms with Crippen LogP contribution in [-0.4, -0.2) is 21.0 Å². The summed E-state index contributed by atoms with van der Waals surface area (Å²) in [7, 11) is 0. The number of nitrogens with zero attached hydrogens (tertiary/aromatic N) is 3. The Balaban J connectivity index is 2.27. The Morgan fingerprint density at radius 3 is 2.89 bits per heavy atom. The van der Waals surface area contributed by atoms with Gasteiger partial charge in [0.2, 0.25) is 0 Å². The highest BCUT2D eigenvalue weighted by Gasteiger charge is 2.09. The number of rotatable bonds is 4. The molecule has 1 aromatic carbocycles. The van der Waals surface area contributed by atoms with E-state index in [0.29, 0.717) is 11.3 Å². The lowest BCUT2D eigenvalue weighted by Crippen LogP contribution is -2.03. The van der Waals surface area contributed by atoms with Gasteiger partial charge in [0.15, 0.2) is 0 Å². The molecule has 0 radical (unpaired) electrons. The summed E-state index contributed by atoms with van der Waals surface area (Å²) in [6.45, 7) is 0. The lowest BCUT2D eigenvalue weighted by molar-refractivity contribution is -0.136. The number of carbonyl (C=O) groups is 1. The summed E-state index contributed by atoms with van der Waals surface area (Å²) in [4.78, 5) is 18.5. The van der Waals surface area contributed by atoms with Gasteiger partial charge in [-0.1, -0.05) is 18.2 Å². The van der Waals surface area contributed by atoms with Crippen LogP contribution in [0.15, 0.2) is 36.5 Å². The standard InChI is InChI=1S/C13H9N3O3/c14-8-10-5-6-15-13(16-10)19-11-4-2-1-3-9(11)7-12(17)18/h1-6H,7H2,(H,17,18). The van der Waals surface area contributed by atoms with Crippen molar-refractivity contribution in [3.05, 3.63) is 47.8 Å². The fourth-order valence-corrected chi connectivity index (χ4v) is 1.46. The molecule has 0 aliphatic rings. The van der Waals surface area contributed by atoms with Crippen LogP contribution in [0.4, 0.5) is 0 Å². The van der Waals surface area contributed by atoms with Crippen LogP contribution in [0.1, 0.15) is 11.3 Å². The third-order valence-corrected chi connectivity index (χ3v) is 2.26. The van der Waals surface area contributed by atoms with Gasteiger partial charge in [-0.15, -0.1) is 0 Å². The minimum absolute atomic E-state index is 0.0110. The van der Waals surface area contributed by atoms with Gasteiger partial charge in [0.05, 0.1) is 6.42 Å². The highest BCUT2D eigenvalue weighted by molar-refractivity contribution is 5.71. The van der Waals surface area contributed by atoms with E-state index in [0.717, 1.165) is 0 Å². The summed E-state index contributed by atoms with van der Waals surface area (Å²) >= 11 is 0. The molecule has 6 heteroatoms. The number of hydrogen-bond donors (Lipinski definition) is 1. The minimum atomic E-state index is -0.956. The summed E-state index contributed by atoms with van der Waals surface area (Å²) in [5.41, 5.74) is 0.696. The Morgan fingerprint density at radius 2 is 2.16 bits per heavy atom. The molecular weight excluding hydrogens is 246 g/mol. The zero-order chi connectivity index (χ0) is 13.7. The molecule has 1 heterocycles. The van der Waals surface area contributed by atoms with Gasteiger partial charge in [-0.25, -0.2) is 4.98 Å². The van der Waals surface area contributed by atoms with Gasteiger partial charge < -0.3 is 9.84 Å². The predicted molar refractivity (Wildman–Crippen MR) is 64.6 cm³/mol. The summed E-state index contributed by atoms with van der Waals surface area (Å²) in [6.07, 6.45) is 1.24. The summed E-state index contributed by atoms with van der Waals surface area (Å²) in [5.74, 6) is -0.595. The van der Waals surface area contributed by atoms with Gasteiger partial charge in [-0.3, -0.25) is 4.79 Å². The maximum atomic E-state index is 10.7. The van der Waals surface area contributed by atoms with Crippen molar-refractivity contribution in [1.29, 1.82) is 5.26 Å². The number of benzene rings is 1. The molecule has 0 aliphatic carbocycles. The molecule has 94 valence electrons. The molecule has 1 N–H and O–H groups in total. The number of hydrogen-bond acceptors (Lipinski definition) is 5. The van der Waals surface area contributed by atoms with E-state index < -0.39 is 5.97 Å². The number of nitriles is 1. The highest BCUT2D eigenvalue weighted by atomic mass is 16.5. The van der Waals surface area contributed by atoms with Crippen LogP contribution in [-0.2, 0) is 11.2 Å². The first-order valence-corrected chi connectivity index (χ1v) is 5.40. The second kappa shape index (κ2) is 5.60. The third-order valence-electron chi connectivity index (χ3n) is 2.26. The first kappa shape index (κ1) is 12.5. The number of carboxylic acids is 1. The van der Waals surface area contributed by atoms with E-state index >= 15 is 0 Å². The van der Waals surface area contributed by atoms with Crippen molar-refractivity contribution in [2.45, 2.75) is 6.42 Å². The van der Waals surface area contributed by atoms with E-state index in [1.807, 2.05) is 6.07 Å². The molecule has 0 saturated carbocycles. The molecule has 6 nitrogen and oxygen atoms in total. The average Bonchev–Trinajstić information content (AvgIpc) is 2.41. The van der Waals surface area contributed by atoms with Crippen molar-refractivity contribution in [3.8, 4) is 17.8 Å². The number of para-hydroxylation sites is 1. The van der Waals surface area contributed by atoms with E-state index in [-0.39, 0.29) is 18.1 Å². The first-order valence-electron chi connectivity index (χ1n) is 5.40. The lowest BCUT2D eigenvalue weighted by atomic mass is 10.1. The fraction of sp³-hybridized carbons (Fsp3) is 0.0769. The SMILES string of the molecule is N#Cc1ccnc(Oc2ccccc2CC(=O)O)n1. The van der Waals surface area contributed by atoms with E-state index in [1.165, 1.54) is 12.3 Å². The molecule has 0 spiro atoms. The molecular formula is C13H9N3O3. The van der Waals surface area contributed by atoms with Crippen LogP contribution in [0, 0.1) is 11.3 Å².